The number of rotatable bonds is 22. The Labute approximate surface area is 466 Å². The quantitative estimate of drug-likeness (QED) is 0.0369. The third kappa shape index (κ3) is 16.2. The summed E-state index contributed by atoms with van der Waals surface area (Å²) in [6.07, 6.45) is 12.6. The molecule has 0 unspecified atom stereocenters. The molecule has 0 aliphatic carbocycles. The van der Waals surface area contributed by atoms with Crippen LogP contribution in [0.5, 0.6) is 0 Å². The fourth-order valence-corrected chi connectivity index (χ4v) is 8.33. The number of hydrogen-bond acceptors (Lipinski definition) is 10. The lowest BCUT2D eigenvalue weighted by molar-refractivity contribution is -0.139. The molecule has 9 aromatic carbocycles. The summed E-state index contributed by atoms with van der Waals surface area (Å²) in [6.45, 7) is 0.362. The van der Waals surface area contributed by atoms with Gasteiger partial charge in [0.2, 0.25) is 0 Å². The molecule has 10 nitrogen and oxygen atoms in total. The van der Waals surface area contributed by atoms with Crippen LogP contribution in [0.3, 0.4) is 0 Å². The molecule has 0 N–H and O–H groups in total. The van der Waals surface area contributed by atoms with Crippen LogP contribution in [-0.2, 0) is 64.6 Å². The van der Waals surface area contributed by atoms with Crippen LogP contribution in [-0.4, -0.2) is 23.9 Å². The van der Waals surface area contributed by atoms with Crippen molar-refractivity contribution in [3.63, 3.8) is 0 Å². The molecule has 0 aliphatic rings. The topological polar surface area (TPSA) is 112 Å². The van der Waals surface area contributed by atoms with Crippen molar-refractivity contribution in [2.45, 2.75) is 26.4 Å². The smallest absolute Gasteiger partial charge is 0.331 e. The number of nitrogens with zero attached hydrogens (tertiary/aromatic N) is 2. The first kappa shape index (κ1) is 54.2. The van der Waals surface area contributed by atoms with Crippen LogP contribution in [0.4, 0.5) is 34.1 Å². The first-order valence-corrected chi connectivity index (χ1v) is 25.9. The first-order chi connectivity index (χ1) is 39.3. The molecule has 0 spiro atoms. The van der Waals surface area contributed by atoms with Crippen LogP contribution < -0.4 is 9.80 Å². The predicted octanol–water partition coefficient (Wildman–Crippen LogP) is 15.7. The summed E-state index contributed by atoms with van der Waals surface area (Å²) in [5.41, 5.74) is 11.9. The van der Waals surface area contributed by atoms with Gasteiger partial charge in [0.15, 0.2) is 0 Å². The van der Waals surface area contributed by atoms with Crippen LogP contribution in [0, 0.1) is 0 Å². The van der Waals surface area contributed by atoms with Gasteiger partial charge in [0, 0.05) is 58.4 Å². The van der Waals surface area contributed by atoms with Crippen molar-refractivity contribution in [3.05, 3.63) is 311 Å². The van der Waals surface area contributed by atoms with Crippen molar-refractivity contribution in [1.82, 2.24) is 0 Å². The second-order valence-corrected chi connectivity index (χ2v) is 18.3. The van der Waals surface area contributed by atoms with E-state index in [1.54, 1.807) is 24.3 Å². The molecule has 394 valence electrons. The lowest BCUT2D eigenvalue weighted by Gasteiger charge is -2.28. The monoisotopic (exact) mass is 1050 g/mol. The van der Waals surface area contributed by atoms with Crippen molar-refractivity contribution in [1.29, 1.82) is 0 Å². The van der Waals surface area contributed by atoms with E-state index in [0.717, 1.165) is 78.6 Å². The maximum absolute atomic E-state index is 12.7. The Morgan fingerprint density at radius 2 is 0.425 bits per heavy atom. The highest BCUT2D eigenvalue weighted by Crippen LogP contribution is 2.39. The third-order valence-electron chi connectivity index (χ3n) is 12.5. The van der Waals surface area contributed by atoms with E-state index in [4.69, 9.17) is 18.9 Å². The van der Waals surface area contributed by atoms with E-state index in [-0.39, 0.29) is 26.4 Å². The molecule has 0 aliphatic heterocycles. The van der Waals surface area contributed by atoms with E-state index in [0.29, 0.717) is 0 Å². The Hall–Kier alpha value is -10.6. The molecule has 0 saturated heterocycles. The molecule has 80 heavy (non-hydrogen) atoms. The second kappa shape index (κ2) is 28.0. The van der Waals surface area contributed by atoms with Gasteiger partial charge < -0.3 is 28.7 Å². The van der Waals surface area contributed by atoms with E-state index >= 15 is 0 Å². The molecule has 0 saturated carbocycles. The minimum atomic E-state index is -0.444. The lowest BCUT2D eigenvalue weighted by atomic mass is 10.1. The Morgan fingerprint density at radius 1 is 0.250 bits per heavy atom. The highest BCUT2D eigenvalue weighted by molar-refractivity contribution is 5.89. The lowest BCUT2D eigenvalue weighted by Crippen LogP contribution is -2.12. The standard InChI is InChI=1S/C70H56N2O8/c73-67(45-29-53-13-5-1-6-14-53)77-49-57-21-33-61(34-22-57)71(62-35-23-58(24-36-62)50-78-68(74)46-30-54-15-7-2-8-16-54)65-41-43-66(44-42-65)72(63-37-25-59(26-38-63)51-79-69(75)47-31-55-17-9-3-10-18-55)64-39-27-60(28-40-64)52-80-70(76)48-32-56-19-11-4-12-20-56/h1-48H,49-52H2. The van der Waals surface area contributed by atoms with E-state index in [2.05, 4.69) is 9.80 Å². The van der Waals surface area contributed by atoms with Gasteiger partial charge in [-0.05, 0) is 142 Å². The van der Waals surface area contributed by atoms with Crippen LogP contribution in [0.15, 0.2) is 267 Å². The number of esters is 4. The highest BCUT2D eigenvalue weighted by atomic mass is 16.5. The van der Waals surface area contributed by atoms with E-state index in [1.807, 2.05) is 243 Å². The SMILES string of the molecule is O=C(C=Cc1ccccc1)OCc1ccc(N(c2ccc(COC(=O)C=Cc3ccccc3)cc2)c2ccc(N(c3ccc(COC(=O)C=Cc4ccccc4)cc3)c3ccc(COC(=O)C=Cc4ccccc4)cc3)cc2)cc1. The summed E-state index contributed by atoms with van der Waals surface area (Å²) >= 11 is 0. The zero-order valence-electron chi connectivity index (χ0n) is 43.7. The van der Waals surface area contributed by atoms with Crippen LogP contribution >= 0.6 is 0 Å². The van der Waals surface area contributed by atoms with Gasteiger partial charge in [-0.25, -0.2) is 19.2 Å². The van der Waals surface area contributed by atoms with Gasteiger partial charge in [0.1, 0.15) is 26.4 Å². The van der Waals surface area contributed by atoms with Crippen molar-refractivity contribution in [3.8, 4) is 0 Å². The molecule has 0 aromatic heterocycles. The Balaban J connectivity index is 0.958. The number of carbonyl (C=O) groups is 4. The van der Waals surface area contributed by atoms with Crippen molar-refractivity contribution in [2.24, 2.45) is 0 Å². The van der Waals surface area contributed by atoms with Crippen molar-refractivity contribution in [2.75, 3.05) is 9.80 Å². The van der Waals surface area contributed by atoms with Crippen molar-refractivity contribution < 1.29 is 38.1 Å². The maximum Gasteiger partial charge on any atom is 0.331 e. The highest BCUT2D eigenvalue weighted by Gasteiger charge is 2.18. The second-order valence-electron chi connectivity index (χ2n) is 18.3. The van der Waals surface area contributed by atoms with Crippen molar-refractivity contribution >= 4 is 82.3 Å². The van der Waals surface area contributed by atoms with Gasteiger partial charge in [-0.3, -0.25) is 0 Å². The maximum atomic E-state index is 12.7. The number of anilines is 6. The summed E-state index contributed by atoms with van der Waals surface area (Å²) in [5, 5.41) is 0. The van der Waals surface area contributed by atoms with Crippen LogP contribution in [0.2, 0.25) is 0 Å². The summed E-state index contributed by atoms with van der Waals surface area (Å²) < 4.78 is 22.4. The van der Waals surface area contributed by atoms with Gasteiger partial charge in [-0.15, -0.1) is 0 Å². The average Bonchev–Trinajstić information content (AvgIpc) is 3.52. The summed E-state index contributed by atoms with van der Waals surface area (Å²) in [5.74, 6) is -1.78. The number of ether oxygens (including phenoxy) is 4. The molecule has 0 atom stereocenters. The zero-order chi connectivity index (χ0) is 55.1. The molecule has 9 aromatic rings. The van der Waals surface area contributed by atoms with Crippen LogP contribution in [0.25, 0.3) is 24.3 Å². The first-order valence-electron chi connectivity index (χ1n) is 25.9. The molecule has 9 rings (SSSR count). The third-order valence-corrected chi connectivity index (χ3v) is 12.5. The molecule has 10 heteroatoms. The van der Waals surface area contributed by atoms with Gasteiger partial charge in [-0.1, -0.05) is 170 Å². The predicted molar refractivity (Wildman–Crippen MR) is 317 cm³/mol. The molecule has 0 fully saturated rings. The van der Waals surface area contributed by atoms with Gasteiger partial charge in [0.05, 0.1) is 0 Å². The van der Waals surface area contributed by atoms with E-state index in [9.17, 15) is 19.2 Å². The number of benzene rings is 9. The van der Waals surface area contributed by atoms with Gasteiger partial charge in [0.25, 0.3) is 0 Å². The minimum absolute atomic E-state index is 0.0905. The minimum Gasteiger partial charge on any atom is -0.458 e. The Bertz CT molecular complexity index is 3110. The van der Waals surface area contributed by atoms with E-state index in [1.165, 1.54) is 24.3 Å². The fourth-order valence-electron chi connectivity index (χ4n) is 8.33. The molecule has 0 amide bonds. The van der Waals surface area contributed by atoms with Gasteiger partial charge >= 0.3 is 23.9 Å². The summed E-state index contributed by atoms with van der Waals surface area (Å²) in [6, 6.07) is 77.7. The normalized spacial score (nSPS) is 11.2. The van der Waals surface area contributed by atoms with Crippen LogP contribution in [0.1, 0.15) is 44.5 Å². The molecule has 0 radical (unpaired) electrons. The molecule has 0 bridgehead atoms. The largest absolute Gasteiger partial charge is 0.458 e. The number of carbonyl (C=O) groups excluding carboxylic acids is 4. The summed E-state index contributed by atoms with van der Waals surface area (Å²) in [4.78, 5) is 54.8. The summed E-state index contributed by atoms with van der Waals surface area (Å²) in [7, 11) is 0. The molecular formula is C70H56N2O8. The Morgan fingerprint density at radius 3 is 0.613 bits per heavy atom. The molecular weight excluding hydrogens is 997 g/mol. The average molecular weight is 1050 g/mol. The van der Waals surface area contributed by atoms with Gasteiger partial charge in [-0.2, -0.15) is 0 Å². The molecule has 0 heterocycles. The Kier molecular flexibility index (Phi) is 19.0. The number of hydrogen-bond donors (Lipinski definition) is 0. The van der Waals surface area contributed by atoms with E-state index < -0.39 is 23.9 Å². The zero-order valence-corrected chi connectivity index (χ0v) is 43.7. The fraction of sp³-hybridized carbons (Fsp3) is 0.0571.